The van der Waals surface area contributed by atoms with Crippen molar-refractivity contribution < 1.29 is 9.53 Å². The number of ether oxygens (including phenoxy) is 1. The molecule has 1 aromatic heterocycles. The SMILES string of the molecule is CN[C@@H](C)CC=Cc1cnc(Cl)c(O[C@@H]2CCN(C(=O)CC(C)(C)C)C2)c1. The molecule has 2 rings (SSSR count). The number of carbonyl (C=O) groups excluding carboxylic acids is 1. The number of pyridine rings is 1. The lowest BCUT2D eigenvalue weighted by Crippen LogP contribution is -2.33. The molecular weight excluding hydrogens is 362 g/mol. The molecule has 1 aliphatic heterocycles. The average Bonchev–Trinajstić information content (AvgIpc) is 3.05. The van der Waals surface area contributed by atoms with Crippen LogP contribution in [0.1, 0.15) is 52.5 Å². The number of aromatic nitrogens is 1. The van der Waals surface area contributed by atoms with E-state index in [0.29, 0.717) is 29.9 Å². The largest absolute Gasteiger partial charge is 0.485 e. The zero-order valence-electron chi connectivity index (χ0n) is 17.1. The first-order chi connectivity index (χ1) is 12.7. The monoisotopic (exact) mass is 393 g/mol. The topological polar surface area (TPSA) is 54.5 Å². The van der Waals surface area contributed by atoms with Gasteiger partial charge in [0.2, 0.25) is 5.91 Å². The van der Waals surface area contributed by atoms with E-state index in [0.717, 1.165) is 24.9 Å². The van der Waals surface area contributed by atoms with Crippen molar-refractivity contribution in [2.75, 3.05) is 20.1 Å². The summed E-state index contributed by atoms with van der Waals surface area (Å²) in [7, 11) is 1.95. The van der Waals surface area contributed by atoms with Gasteiger partial charge in [0.25, 0.3) is 0 Å². The maximum absolute atomic E-state index is 12.4. The van der Waals surface area contributed by atoms with Crippen LogP contribution in [0.3, 0.4) is 0 Å². The molecular formula is C21H32ClN3O2. The molecule has 1 saturated heterocycles. The minimum absolute atomic E-state index is 0.00524. The Morgan fingerprint density at radius 1 is 1.52 bits per heavy atom. The molecule has 0 saturated carbocycles. The van der Waals surface area contributed by atoms with Crippen LogP contribution in [0.5, 0.6) is 5.75 Å². The average molecular weight is 394 g/mol. The number of carbonyl (C=O) groups is 1. The molecule has 0 aliphatic carbocycles. The van der Waals surface area contributed by atoms with Crippen LogP contribution in [0, 0.1) is 5.41 Å². The van der Waals surface area contributed by atoms with Crippen molar-refractivity contribution >= 4 is 23.6 Å². The predicted molar refractivity (Wildman–Crippen MR) is 111 cm³/mol. The molecule has 2 atom stereocenters. The summed E-state index contributed by atoms with van der Waals surface area (Å²) < 4.78 is 6.07. The lowest BCUT2D eigenvalue weighted by atomic mass is 9.92. The molecule has 6 heteroatoms. The zero-order valence-corrected chi connectivity index (χ0v) is 17.8. The standard InChI is InChI=1S/C21H32ClN3O2/c1-15(23-5)7-6-8-16-11-18(20(22)24-13-16)27-17-9-10-25(14-17)19(26)12-21(2,3)4/h6,8,11,13,15,17,23H,7,9-10,12,14H2,1-5H3/t15-,17+/m0/s1. The number of nitrogens with zero attached hydrogens (tertiary/aromatic N) is 2. The number of hydrogen-bond donors (Lipinski definition) is 1. The molecule has 2 heterocycles. The molecule has 0 bridgehead atoms. The number of halogens is 1. The van der Waals surface area contributed by atoms with Gasteiger partial charge in [-0.2, -0.15) is 0 Å². The molecule has 0 spiro atoms. The highest BCUT2D eigenvalue weighted by molar-refractivity contribution is 6.30. The lowest BCUT2D eigenvalue weighted by Gasteiger charge is -2.23. The van der Waals surface area contributed by atoms with Crippen LogP contribution in [-0.2, 0) is 4.79 Å². The van der Waals surface area contributed by atoms with Crippen LogP contribution in [-0.4, -0.2) is 48.1 Å². The van der Waals surface area contributed by atoms with E-state index in [1.165, 1.54) is 0 Å². The normalized spacial score (nSPS) is 18.9. The first-order valence-electron chi connectivity index (χ1n) is 9.61. The Balaban J connectivity index is 1.95. The second kappa shape index (κ2) is 9.56. The molecule has 27 heavy (non-hydrogen) atoms. The highest BCUT2D eigenvalue weighted by Crippen LogP contribution is 2.28. The minimum atomic E-state index is -0.0447. The maximum atomic E-state index is 12.4. The number of amides is 1. The smallest absolute Gasteiger partial charge is 0.223 e. The number of rotatable bonds is 7. The van der Waals surface area contributed by atoms with Gasteiger partial charge in [-0.05, 0) is 37.4 Å². The molecule has 1 aliphatic rings. The van der Waals surface area contributed by atoms with Crippen LogP contribution >= 0.6 is 11.6 Å². The van der Waals surface area contributed by atoms with Crippen molar-refractivity contribution in [2.24, 2.45) is 5.41 Å². The van der Waals surface area contributed by atoms with Crippen LogP contribution in [0.4, 0.5) is 0 Å². The summed E-state index contributed by atoms with van der Waals surface area (Å²) in [6.07, 6.45) is 8.12. The predicted octanol–water partition coefficient (Wildman–Crippen LogP) is 4.16. The van der Waals surface area contributed by atoms with Gasteiger partial charge in [0.05, 0.1) is 6.54 Å². The maximum Gasteiger partial charge on any atom is 0.223 e. The van der Waals surface area contributed by atoms with Crippen LogP contribution in [0.2, 0.25) is 5.15 Å². The van der Waals surface area contributed by atoms with Crippen molar-refractivity contribution in [3.05, 3.63) is 29.1 Å². The van der Waals surface area contributed by atoms with Gasteiger partial charge in [0.15, 0.2) is 10.9 Å². The van der Waals surface area contributed by atoms with Crippen LogP contribution < -0.4 is 10.1 Å². The van der Waals surface area contributed by atoms with Crippen molar-refractivity contribution in [3.63, 3.8) is 0 Å². The first-order valence-corrected chi connectivity index (χ1v) is 9.99. The van der Waals surface area contributed by atoms with Gasteiger partial charge < -0.3 is 15.0 Å². The van der Waals surface area contributed by atoms with Gasteiger partial charge in [-0.15, -0.1) is 0 Å². The van der Waals surface area contributed by atoms with Crippen molar-refractivity contribution in [1.29, 1.82) is 0 Å². The van der Waals surface area contributed by atoms with E-state index in [-0.39, 0.29) is 17.4 Å². The fraction of sp³-hybridized carbons (Fsp3) is 0.619. The Morgan fingerprint density at radius 2 is 2.26 bits per heavy atom. The van der Waals surface area contributed by atoms with E-state index in [1.54, 1.807) is 6.20 Å². The third-order valence-corrected chi connectivity index (χ3v) is 4.88. The Bertz CT molecular complexity index is 670. The molecule has 5 nitrogen and oxygen atoms in total. The van der Waals surface area contributed by atoms with Crippen molar-refractivity contribution in [1.82, 2.24) is 15.2 Å². The van der Waals surface area contributed by atoms with Crippen LogP contribution in [0.15, 0.2) is 18.3 Å². The van der Waals surface area contributed by atoms with Gasteiger partial charge >= 0.3 is 0 Å². The zero-order chi connectivity index (χ0) is 20.0. The minimum Gasteiger partial charge on any atom is -0.485 e. The summed E-state index contributed by atoms with van der Waals surface area (Å²) in [5.41, 5.74) is 0.950. The molecule has 1 amide bonds. The van der Waals surface area contributed by atoms with E-state index < -0.39 is 0 Å². The quantitative estimate of drug-likeness (QED) is 0.706. The number of likely N-dealkylation sites (tertiary alicyclic amines) is 1. The second-order valence-electron chi connectivity index (χ2n) is 8.49. The molecule has 0 aromatic carbocycles. The molecule has 0 radical (unpaired) electrons. The number of hydrogen-bond acceptors (Lipinski definition) is 4. The fourth-order valence-electron chi connectivity index (χ4n) is 2.94. The first kappa shape index (κ1) is 21.7. The Kier molecular flexibility index (Phi) is 7.68. The van der Waals surface area contributed by atoms with E-state index in [1.807, 2.05) is 24.1 Å². The van der Waals surface area contributed by atoms with Gasteiger partial charge in [0.1, 0.15) is 6.10 Å². The summed E-state index contributed by atoms with van der Waals surface area (Å²) in [5, 5.41) is 3.56. The summed E-state index contributed by atoms with van der Waals surface area (Å²) in [6, 6.07) is 2.34. The van der Waals surface area contributed by atoms with Gasteiger partial charge in [-0.25, -0.2) is 4.98 Å². The molecule has 1 aromatic rings. The van der Waals surface area contributed by atoms with E-state index in [4.69, 9.17) is 16.3 Å². The van der Waals surface area contributed by atoms with E-state index >= 15 is 0 Å². The molecule has 0 unspecified atom stereocenters. The Hall–Kier alpha value is -1.59. The van der Waals surface area contributed by atoms with Gasteiger partial charge in [-0.3, -0.25) is 4.79 Å². The lowest BCUT2D eigenvalue weighted by molar-refractivity contribution is -0.132. The fourth-order valence-corrected chi connectivity index (χ4v) is 3.09. The summed E-state index contributed by atoms with van der Waals surface area (Å²) in [6.45, 7) is 9.70. The summed E-state index contributed by atoms with van der Waals surface area (Å²) in [5.74, 6) is 0.767. The van der Waals surface area contributed by atoms with Crippen molar-refractivity contribution in [2.45, 2.75) is 59.1 Å². The third kappa shape index (κ3) is 7.15. The highest BCUT2D eigenvalue weighted by atomic mass is 35.5. The number of nitrogens with one attached hydrogen (secondary N) is 1. The summed E-state index contributed by atoms with van der Waals surface area (Å²) in [4.78, 5) is 18.5. The third-order valence-electron chi connectivity index (χ3n) is 4.59. The highest BCUT2D eigenvalue weighted by Gasteiger charge is 2.30. The van der Waals surface area contributed by atoms with Crippen LogP contribution in [0.25, 0.3) is 6.08 Å². The van der Waals surface area contributed by atoms with Gasteiger partial charge in [-0.1, -0.05) is 44.5 Å². The van der Waals surface area contributed by atoms with E-state index in [9.17, 15) is 4.79 Å². The molecule has 1 N–H and O–H groups in total. The van der Waals surface area contributed by atoms with Gasteiger partial charge in [0, 0.05) is 31.6 Å². The Labute approximate surface area is 168 Å². The van der Waals surface area contributed by atoms with Crippen molar-refractivity contribution in [3.8, 4) is 5.75 Å². The van der Waals surface area contributed by atoms with E-state index in [2.05, 4.69) is 44.1 Å². The second-order valence-corrected chi connectivity index (χ2v) is 8.85. The summed E-state index contributed by atoms with van der Waals surface area (Å²) >= 11 is 6.22. The Morgan fingerprint density at radius 3 is 2.93 bits per heavy atom. The molecule has 150 valence electrons. The molecule has 1 fully saturated rings.